The van der Waals surface area contributed by atoms with Gasteiger partial charge in [-0.3, -0.25) is 9.89 Å². The van der Waals surface area contributed by atoms with Crippen molar-refractivity contribution in [1.29, 1.82) is 0 Å². The molecule has 0 radical (unpaired) electrons. The number of benzene rings is 1. The first-order chi connectivity index (χ1) is 12.1. The number of guanidine groups is 1. The molecule has 0 saturated carbocycles. The SMILES string of the molecule is CN=C(NCC1CCN(Cc2ccc(C)cc2)CC1)NC(C)COC.I. The lowest BCUT2D eigenvalue weighted by atomic mass is 9.96. The topological polar surface area (TPSA) is 48.9 Å². The monoisotopic (exact) mass is 474 g/mol. The minimum Gasteiger partial charge on any atom is -0.383 e. The van der Waals surface area contributed by atoms with Crippen molar-refractivity contribution in [3.63, 3.8) is 0 Å². The van der Waals surface area contributed by atoms with E-state index in [-0.39, 0.29) is 30.0 Å². The maximum Gasteiger partial charge on any atom is 0.191 e. The summed E-state index contributed by atoms with van der Waals surface area (Å²) >= 11 is 0. The van der Waals surface area contributed by atoms with Gasteiger partial charge in [0.1, 0.15) is 0 Å². The molecular formula is C20H35IN4O. The summed E-state index contributed by atoms with van der Waals surface area (Å²) in [5.74, 6) is 1.58. The molecule has 2 rings (SSSR count). The van der Waals surface area contributed by atoms with Gasteiger partial charge in [-0.15, -0.1) is 24.0 Å². The number of hydrogen-bond donors (Lipinski definition) is 2. The highest BCUT2D eigenvalue weighted by atomic mass is 127. The predicted molar refractivity (Wildman–Crippen MR) is 120 cm³/mol. The van der Waals surface area contributed by atoms with Crippen LogP contribution >= 0.6 is 24.0 Å². The van der Waals surface area contributed by atoms with Crippen molar-refractivity contribution in [3.8, 4) is 0 Å². The quantitative estimate of drug-likeness (QED) is 0.363. The van der Waals surface area contributed by atoms with Gasteiger partial charge in [0.2, 0.25) is 0 Å². The average Bonchev–Trinajstić information content (AvgIpc) is 2.62. The van der Waals surface area contributed by atoms with E-state index in [1.165, 1.54) is 37.1 Å². The van der Waals surface area contributed by atoms with Crippen molar-refractivity contribution in [1.82, 2.24) is 15.5 Å². The maximum absolute atomic E-state index is 5.16. The smallest absolute Gasteiger partial charge is 0.191 e. The molecule has 0 bridgehead atoms. The number of likely N-dealkylation sites (tertiary alicyclic amines) is 1. The van der Waals surface area contributed by atoms with Crippen LogP contribution in [0.4, 0.5) is 0 Å². The number of rotatable bonds is 7. The molecule has 1 aliphatic rings. The molecule has 0 aliphatic carbocycles. The van der Waals surface area contributed by atoms with Gasteiger partial charge < -0.3 is 15.4 Å². The second-order valence-electron chi connectivity index (χ2n) is 7.16. The van der Waals surface area contributed by atoms with Crippen LogP contribution < -0.4 is 10.6 Å². The van der Waals surface area contributed by atoms with Crippen LogP contribution in [0, 0.1) is 12.8 Å². The van der Waals surface area contributed by atoms with Gasteiger partial charge in [0.25, 0.3) is 0 Å². The Hall–Kier alpha value is -0.860. The number of hydrogen-bond acceptors (Lipinski definition) is 3. The Morgan fingerprint density at radius 1 is 1.27 bits per heavy atom. The fourth-order valence-corrected chi connectivity index (χ4v) is 3.26. The zero-order chi connectivity index (χ0) is 18.1. The normalized spacial score (nSPS) is 17.5. The summed E-state index contributed by atoms with van der Waals surface area (Å²) in [6.07, 6.45) is 2.48. The lowest BCUT2D eigenvalue weighted by Gasteiger charge is -2.32. The Labute approximate surface area is 176 Å². The standard InChI is InChI=1S/C20H34N4O.HI/c1-16-5-7-19(8-6-16)14-24-11-9-18(10-12-24)13-22-20(21-3)23-17(2)15-25-4;/h5-8,17-18H,9-15H2,1-4H3,(H2,21,22,23);1H. The van der Waals surface area contributed by atoms with Crippen molar-refractivity contribution < 1.29 is 4.74 Å². The van der Waals surface area contributed by atoms with E-state index in [0.29, 0.717) is 12.5 Å². The molecule has 1 saturated heterocycles. The Bertz CT molecular complexity index is 527. The van der Waals surface area contributed by atoms with Gasteiger partial charge in [0.05, 0.1) is 6.61 Å². The van der Waals surface area contributed by atoms with Gasteiger partial charge in [0, 0.05) is 33.3 Å². The second kappa shape index (κ2) is 12.5. The second-order valence-corrected chi connectivity index (χ2v) is 7.16. The van der Waals surface area contributed by atoms with E-state index in [1.54, 1.807) is 7.11 Å². The van der Waals surface area contributed by atoms with Crippen molar-refractivity contribution >= 4 is 29.9 Å². The Morgan fingerprint density at radius 2 is 1.92 bits per heavy atom. The van der Waals surface area contributed by atoms with Gasteiger partial charge in [-0.1, -0.05) is 29.8 Å². The van der Waals surface area contributed by atoms with Gasteiger partial charge in [0.15, 0.2) is 5.96 Å². The molecule has 6 heteroatoms. The molecule has 0 spiro atoms. The molecule has 148 valence electrons. The molecule has 2 N–H and O–H groups in total. The van der Waals surface area contributed by atoms with Crippen molar-refractivity contribution in [2.24, 2.45) is 10.9 Å². The molecule has 1 heterocycles. The summed E-state index contributed by atoms with van der Waals surface area (Å²) in [5, 5.41) is 6.82. The number of aliphatic imine (C=N–C) groups is 1. The van der Waals surface area contributed by atoms with Crippen LogP contribution in [0.25, 0.3) is 0 Å². The fourth-order valence-electron chi connectivity index (χ4n) is 3.26. The van der Waals surface area contributed by atoms with Gasteiger partial charge in [-0.05, 0) is 51.3 Å². The van der Waals surface area contributed by atoms with Gasteiger partial charge in [-0.2, -0.15) is 0 Å². The third-order valence-electron chi connectivity index (χ3n) is 4.82. The summed E-state index contributed by atoms with van der Waals surface area (Å²) in [6, 6.07) is 9.16. The van der Waals surface area contributed by atoms with Crippen molar-refractivity contribution in [2.45, 2.75) is 39.3 Å². The third-order valence-corrected chi connectivity index (χ3v) is 4.82. The molecule has 1 aromatic carbocycles. The van der Waals surface area contributed by atoms with Crippen molar-refractivity contribution in [2.75, 3.05) is 40.4 Å². The van der Waals surface area contributed by atoms with Gasteiger partial charge in [-0.25, -0.2) is 0 Å². The largest absolute Gasteiger partial charge is 0.383 e. The Balaban J connectivity index is 0.00000338. The summed E-state index contributed by atoms with van der Waals surface area (Å²) in [4.78, 5) is 6.87. The highest BCUT2D eigenvalue weighted by molar-refractivity contribution is 14.0. The Kier molecular flexibility index (Phi) is 11.2. The zero-order valence-electron chi connectivity index (χ0n) is 16.6. The number of halogens is 1. The van der Waals surface area contributed by atoms with E-state index in [2.05, 4.69) is 58.6 Å². The number of nitrogens with zero attached hydrogens (tertiary/aromatic N) is 2. The average molecular weight is 474 g/mol. The summed E-state index contributed by atoms with van der Waals surface area (Å²) in [6.45, 7) is 9.31. The van der Waals surface area contributed by atoms with Crippen LogP contribution in [0.3, 0.4) is 0 Å². The third kappa shape index (κ3) is 8.22. The lowest BCUT2D eigenvalue weighted by Crippen LogP contribution is -2.46. The molecule has 26 heavy (non-hydrogen) atoms. The molecule has 1 aliphatic heterocycles. The van der Waals surface area contributed by atoms with E-state index in [1.807, 2.05) is 7.05 Å². The van der Waals surface area contributed by atoms with E-state index >= 15 is 0 Å². The first-order valence-electron chi connectivity index (χ1n) is 9.34. The van der Waals surface area contributed by atoms with E-state index in [9.17, 15) is 0 Å². The molecule has 1 fully saturated rings. The minimum atomic E-state index is 0. The highest BCUT2D eigenvalue weighted by Crippen LogP contribution is 2.18. The van der Waals surface area contributed by atoms with Crippen LogP contribution in [0.1, 0.15) is 30.9 Å². The van der Waals surface area contributed by atoms with E-state index in [0.717, 1.165) is 19.0 Å². The number of nitrogens with one attached hydrogen (secondary N) is 2. The number of piperidine rings is 1. The summed E-state index contributed by atoms with van der Waals surface area (Å²) in [5.41, 5.74) is 2.74. The zero-order valence-corrected chi connectivity index (χ0v) is 19.0. The highest BCUT2D eigenvalue weighted by Gasteiger charge is 2.19. The fraction of sp³-hybridized carbons (Fsp3) is 0.650. The van der Waals surface area contributed by atoms with Crippen LogP contribution in [0.15, 0.2) is 29.3 Å². The molecule has 0 amide bonds. The molecule has 5 nitrogen and oxygen atoms in total. The lowest BCUT2D eigenvalue weighted by molar-refractivity contribution is 0.175. The molecule has 1 aromatic rings. The van der Waals surface area contributed by atoms with Crippen LogP contribution in [-0.2, 0) is 11.3 Å². The molecule has 1 unspecified atom stereocenters. The molecular weight excluding hydrogens is 439 g/mol. The van der Waals surface area contributed by atoms with Crippen LogP contribution in [0.2, 0.25) is 0 Å². The first kappa shape index (κ1) is 23.2. The summed E-state index contributed by atoms with van der Waals surface area (Å²) < 4.78 is 5.16. The van der Waals surface area contributed by atoms with E-state index < -0.39 is 0 Å². The number of aryl methyl sites for hydroxylation is 1. The maximum atomic E-state index is 5.16. The molecule has 0 aromatic heterocycles. The van der Waals surface area contributed by atoms with Crippen LogP contribution in [0.5, 0.6) is 0 Å². The molecule has 1 atom stereocenters. The summed E-state index contributed by atoms with van der Waals surface area (Å²) in [7, 11) is 3.54. The van der Waals surface area contributed by atoms with Crippen LogP contribution in [-0.4, -0.2) is 57.3 Å². The van der Waals surface area contributed by atoms with E-state index in [4.69, 9.17) is 4.74 Å². The first-order valence-corrected chi connectivity index (χ1v) is 9.34. The minimum absolute atomic E-state index is 0. The predicted octanol–water partition coefficient (Wildman–Crippen LogP) is 3.02. The number of ether oxygens (including phenoxy) is 1. The van der Waals surface area contributed by atoms with Gasteiger partial charge >= 0.3 is 0 Å². The Morgan fingerprint density at radius 3 is 2.50 bits per heavy atom. The van der Waals surface area contributed by atoms with Crippen molar-refractivity contribution in [3.05, 3.63) is 35.4 Å². The number of methoxy groups -OCH3 is 1.